The van der Waals surface area contributed by atoms with Gasteiger partial charge in [-0.2, -0.15) is 0 Å². The van der Waals surface area contributed by atoms with Crippen LogP contribution in [0.25, 0.3) is 11.2 Å². The summed E-state index contributed by atoms with van der Waals surface area (Å²) in [4.78, 5) is 32.3. The number of carbonyl (C=O) groups is 2. The number of rotatable bonds is 3. The summed E-state index contributed by atoms with van der Waals surface area (Å²) in [7, 11) is 1.62. The molecule has 1 atom stereocenters. The molecule has 9 heteroatoms. The number of aryl methyl sites for hydroxylation is 3. The summed E-state index contributed by atoms with van der Waals surface area (Å²) in [6, 6.07) is 12.1. The Kier molecular flexibility index (Phi) is 7.43. The zero-order valence-electron chi connectivity index (χ0n) is 23.6. The monoisotopic (exact) mass is 553 g/mol. The Balaban J connectivity index is 1.43. The van der Waals surface area contributed by atoms with Crippen molar-refractivity contribution in [1.82, 2.24) is 24.9 Å². The van der Waals surface area contributed by atoms with E-state index in [1.807, 2.05) is 40.8 Å². The van der Waals surface area contributed by atoms with Gasteiger partial charge in [-0.15, -0.1) is 5.10 Å². The van der Waals surface area contributed by atoms with Crippen LogP contribution < -0.4 is 4.74 Å². The van der Waals surface area contributed by atoms with E-state index < -0.39 is 11.9 Å². The lowest BCUT2D eigenvalue weighted by molar-refractivity contribution is -0.137. The molecule has 0 unspecified atom stereocenters. The van der Waals surface area contributed by atoms with Crippen molar-refractivity contribution < 1.29 is 19.4 Å². The molecular formula is C32H35N5O4. The summed E-state index contributed by atoms with van der Waals surface area (Å²) < 4.78 is 7.52. The lowest BCUT2D eigenvalue weighted by Crippen LogP contribution is -2.36. The molecule has 0 radical (unpaired) electrons. The number of amides is 1. The van der Waals surface area contributed by atoms with Crippen molar-refractivity contribution in [2.75, 3.05) is 13.7 Å². The Morgan fingerprint density at radius 2 is 1.90 bits per heavy atom. The number of aromatic nitrogens is 4. The van der Waals surface area contributed by atoms with E-state index in [1.54, 1.807) is 13.3 Å². The molecule has 1 N–H and O–H groups in total. The van der Waals surface area contributed by atoms with Crippen LogP contribution in [0.15, 0.2) is 42.6 Å². The first-order valence-corrected chi connectivity index (χ1v) is 14.4. The molecule has 9 nitrogen and oxygen atoms in total. The number of hydrogen-bond donors (Lipinski definition) is 1. The smallest absolute Gasteiger partial charge is 0.304 e. The molecule has 4 aromatic rings. The summed E-state index contributed by atoms with van der Waals surface area (Å²) in [5.74, 6) is -0.736. The number of carboxylic acid groups (broad SMARTS) is 1. The summed E-state index contributed by atoms with van der Waals surface area (Å²) in [6.45, 7) is 3.77. The maximum absolute atomic E-state index is 13.7. The van der Waals surface area contributed by atoms with E-state index in [1.165, 1.54) is 5.56 Å². The van der Waals surface area contributed by atoms with Crippen LogP contribution in [0.5, 0.6) is 5.75 Å². The number of carbonyl (C=O) groups excluding carboxylic acids is 1. The molecule has 0 saturated carbocycles. The van der Waals surface area contributed by atoms with Gasteiger partial charge in [-0.1, -0.05) is 42.3 Å². The summed E-state index contributed by atoms with van der Waals surface area (Å²) >= 11 is 0. The van der Waals surface area contributed by atoms with Crippen molar-refractivity contribution in [2.24, 2.45) is 0 Å². The Hall–Kier alpha value is -4.27. The second-order valence-corrected chi connectivity index (χ2v) is 11.2. The molecule has 2 aromatic carbocycles. The SMILES string of the molecule is COc1cc2ccc1C(=O)N1CCc3ccc(cc3C1)[C@H](CC(=O)O)c1cnc3c(nnn3CCCCCC2)c1C. The van der Waals surface area contributed by atoms with E-state index in [2.05, 4.69) is 22.4 Å². The van der Waals surface area contributed by atoms with Crippen LogP contribution in [0.4, 0.5) is 0 Å². The van der Waals surface area contributed by atoms with Crippen LogP contribution in [0.1, 0.15) is 81.8 Å². The molecule has 1 amide bonds. The highest BCUT2D eigenvalue weighted by atomic mass is 16.5. The number of aliphatic carboxylic acids is 1. The maximum Gasteiger partial charge on any atom is 0.304 e. The fourth-order valence-corrected chi connectivity index (χ4v) is 6.28. The van der Waals surface area contributed by atoms with E-state index in [-0.39, 0.29) is 12.3 Å². The van der Waals surface area contributed by atoms with Crippen molar-refractivity contribution in [3.8, 4) is 5.75 Å². The van der Waals surface area contributed by atoms with E-state index >= 15 is 0 Å². The van der Waals surface area contributed by atoms with Gasteiger partial charge in [0.05, 0.1) is 19.1 Å². The van der Waals surface area contributed by atoms with Crippen molar-refractivity contribution in [3.05, 3.63) is 81.5 Å². The highest BCUT2D eigenvalue weighted by Gasteiger charge is 2.27. The third-order valence-electron chi connectivity index (χ3n) is 8.59. The molecule has 0 fully saturated rings. The Morgan fingerprint density at radius 3 is 2.73 bits per heavy atom. The fourth-order valence-electron chi connectivity index (χ4n) is 6.28. The first kappa shape index (κ1) is 26.9. The van der Waals surface area contributed by atoms with Crippen LogP contribution in [0.2, 0.25) is 0 Å². The zero-order chi connectivity index (χ0) is 28.5. The number of ether oxygens (including phenoxy) is 1. The molecule has 5 aliphatic rings. The van der Waals surface area contributed by atoms with Gasteiger partial charge in [0, 0.05) is 31.7 Å². The quantitative estimate of drug-likeness (QED) is 0.377. The van der Waals surface area contributed by atoms with Gasteiger partial charge in [0.2, 0.25) is 0 Å². The minimum atomic E-state index is -0.885. The van der Waals surface area contributed by atoms with Gasteiger partial charge in [-0.05, 0) is 78.1 Å². The van der Waals surface area contributed by atoms with Gasteiger partial charge in [-0.3, -0.25) is 9.59 Å². The van der Waals surface area contributed by atoms with Crippen LogP contribution in [-0.4, -0.2) is 55.5 Å². The minimum absolute atomic E-state index is 0.0535. The molecule has 41 heavy (non-hydrogen) atoms. The fraction of sp³-hybridized carbons (Fsp3) is 0.406. The minimum Gasteiger partial charge on any atom is -0.496 e. The third-order valence-corrected chi connectivity index (χ3v) is 8.59. The third kappa shape index (κ3) is 5.28. The molecule has 5 aliphatic heterocycles. The number of methoxy groups -OCH3 is 1. The molecule has 0 aliphatic carbocycles. The Bertz CT molecular complexity index is 1630. The standard InChI is InChI=1S/C32H35N5O4/c1-20-27-18-33-31-30(20)34-35-37(31)13-6-4-3-5-7-21-8-11-25(28(15-21)41-2)32(40)36-14-12-22-9-10-23(16-24(22)19-36)26(27)17-29(38)39/h8-11,15-16,18,26H,3-7,12-14,17,19H2,1-2H3,(H,38,39)/t26-/m0/s1. The second kappa shape index (κ2) is 11.3. The largest absolute Gasteiger partial charge is 0.496 e. The van der Waals surface area contributed by atoms with Gasteiger partial charge < -0.3 is 14.7 Å². The van der Waals surface area contributed by atoms with Gasteiger partial charge in [0.15, 0.2) is 5.65 Å². The predicted molar refractivity (Wildman–Crippen MR) is 154 cm³/mol. The van der Waals surface area contributed by atoms with E-state index in [0.717, 1.165) is 78.5 Å². The highest BCUT2D eigenvalue weighted by Crippen LogP contribution is 2.35. The lowest BCUT2D eigenvalue weighted by atomic mass is 9.84. The van der Waals surface area contributed by atoms with Crippen molar-refractivity contribution >= 4 is 23.0 Å². The molecule has 2 aromatic heterocycles. The van der Waals surface area contributed by atoms with Crippen molar-refractivity contribution in [2.45, 2.75) is 70.9 Å². The Morgan fingerprint density at radius 1 is 1.05 bits per heavy atom. The molecule has 9 bridgehead atoms. The van der Waals surface area contributed by atoms with Gasteiger partial charge in [-0.25, -0.2) is 9.67 Å². The van der Waals surface area contributed by atoms with Crippen LogP contribution in [0.3, 0.4) is 0 Å². The average Bonchev–Trinajstić information content (AvgIpc) is 3.40. The molecule has 0 saturated heterocycles. The van der Waals surface area contributed by atoms with E-state index in [4.69, 9.17) is 9.72 Å². The van der Waals surface area contributed by atoms with E-state index in [0.29, 0.717) is 29.9 Å². The average molecular weight is 554 g/mol. The number of pyridine rings is 1. The van der Waals surface area contributed by atoms with Crippen LogP contribution >= 0.6 is 0 Å². The van der Waals surface area contributed by atoms with Crippen LogP contribution in [0, 0.1) is 6.92 Å². The topological polar surface area (TPSA) is 110 Å². The molecular weight excluding hydrogens is 518 g/mol. The number of benzene rings is 2. The highest BCUT2D eigenvalue weighted by molar-refractivity contribution is 5.97. The summed E-state index contributed by atoms with van der Waals surface area (Å²) in [6.07, 6.45) is 7.53. The number of carboxylic acids is 1. The summed E-state index contributed by atoms with van der Waals surface area (Å²) in [5.41, 5.74) is 8.02. The molecule has 9 rings (SSSR count). The molecule has 7 heterocycles. The number of hydrogen-bond acceptors (Lipinski definition) is 6. The van der Waals surface area contributed by atoms with Crippen molar-refractivity contribution in [3.63, 3.8) is 0 Å². The molecule has 212 valence electrons. The van der Waals surface area contributed by atoms with Crippen molar-refractivity contribution in [1.29, 1.82) is 0 Å². The van der Waals surface area contributed by atoms with Crippen LogP contribution in [-0.2, 0) is 30.7 Å². The van der Waals surface area contributed by atoms with E-state index in [9.17, 15) is 14.7 Å². The second-order valence-electron chi connectivity index (χ2n) is 11.2. The normalized spacial score (nSPS) is 17.7. The zero-order valence-corrected chi connectivity index (χ0v) is 23.6. The van der Waals surface area contributed by atoms with Gasteiger partial charge in [0.1, 0.15) is 11.3 Å². The molecule has 0 spiro atoms. The Labute approximate surface area is 239 Å². The number of nitrogens with zero attached hydrogens (tertiary/aromatic N) is 5. The first-order valence-electron chi connectivity index (χ1n) is 14.4. The van der Waals surface area contributed by atoms with Gasteiger partial charge in [0.25, 0.3) is 5.91 Å². The predicted octanol–water partition coefficient (Wildman–Crippen LogP) is 5.06. The lowest BCUT2D eigenvalue weighted by Gasteiger charge is -2.30. The summed E-state index contributed by atoms with van der Waals surface area (Å²) in [5, 5.41) is 18.7. The maximum atomic E-state index is 13.7. The van der Waals surface area contributed by atoms with Gasteiger partial charge >= 0.3 is 5.97 Å². The first-order chi connectivity index (χ1) is 19.9.